The number of nitrogens with one attached hydrogen (secondary N) is 1. The third-order valence-electron chi connectivity index (χ3n) is 3.12. The van der Waals surface area contributed by atoms with E-state index in [1.54, 1.807) is 7.11 Å². The summed E-state index contributed by atoms with van der Waals surface area (Å²) in [6, 6.07) is 1.53. The Balaban J connectivity index is 2.20. The summed E-state index contributed by atoms with van der Waals surface area (Å²) < 4.78 is 5.17. The Bertz CT molecular complexity index is 160. The third-order valence-corrected chi connectivity index (χ3v) is 3.12. The average Bonchev–Trinajstić information content (AvgIpc) is 3.03. The molecule has 0 heterocycles. The van der Waals surface area contributed by atoms with Gasteiger partial charge in [0.25, 0.3) is 0 Å². The molecule has 1 unspecified atom stereocenters. The van der Waals surface area contributed by atoms with Crippen molar-refractivity contribution in [1.82, 2.24) is 10.2 Å². The third kappa shape index (κ3) is 4.96. The van der Waals surface area contributed by atoms with Crippen molar-refractivity contribution in [3.8, 4) is 0 Å². The van der Waals surface area contributed by atoms with Crippen molar-refractivity contribution >= 4 is 0 Å². The van der Waals surface area contributed by atoms with Crippen LogP contribution in [0.2, 0.25) is 0 Å². The van der Waals surface area contributed by atoms with E-state index in [2.05, 4.69) is 24.1 Å². The quantitative estimate of drug-likeness (QED) is 0.589. The van der Waals surface area contributed by atoms with Crippen LogP contribution in [-0.2, 0) is 4.74 Å². The van der Waals surface area contributed by atoms with Gasteiger partial charge in [0.15, 0.2) is 0 Å². The Morgan fingerprint density at radius 3 is 2.73 bits per heavy atom. The van der Waals surface area contributed by atoms with Gasteiger partial charge in [0, 0.05) is 25.7 Å². The van der Waals surface area contributed by atoms with E-state index < -0.39 is 0 Å². The van der Waals surface area contributed by atoms with Crippen LogP contribution in [0, 0.1) is 0 Å². The predicted molar refractivity (Wildman–Crippen MR) is 64.2 cm³/mol. The molecule has 0 saturated heterocycles. The molecule has 3 nitrogen and oxygen atoms in total. The summed E-state index contributed by atoms with van der Waals surface area (Å²) in [6.07, 6.45) is 4.01. The van der Waals surface area contributed by atoms with E-state index in [0.29, 0.717) is 6.04 Å². The van der Waals surface area contributed by atoms with Gasteiger partial charge in [-0.05, 0) is 39.3 Å². The van der Waals surface area contributed by atoms with Gasteiger partial charge in [-0.15, -0.1) is 0 Å². The molecular weight excluding hydrogens is 188 g/mol. The number of hydrogen-bond acceptors (Lipinski definition) is 3. The van der Waals surface area contributed by atoms with Gasteiger partial charge in [-0.3, -0.25) is 4.90 Å². The van der Waals surface area contributed by atoms with E-state index in [1.807, 2.05) is 0 Å². The lowest BCUT2D eigenvalue weighted by Gasteiger charge is -2.29. The van der Waals surface area contributed by atoms with E-state index in [0.717, 1.165) is 32.3 Å². The number of nitrogens with zero attached hydrogens (tertiary/aromatic N) is 1. The number of hydrogen-bond donors (Lipinski definition) is 1. The van der Waals surface area contributed by atoms with Gasteiger partial charge in [-0.25, -0.2) is 0 Å². The molecule has 0 aromatic carbocycles. The Hall–Kier alpha value is -0.120. The van der Waals surface area contributed by atoms with E-state index in [4.69, 9.17) is 4.74 Å². The first kappa shape index (κ1) is 12.9. The molecule has 1 N–H and O–H groups in total. The topological polar surface area (TPSA) is 24.5 Å². The van der Waals surface area contributed by atoms with Crippen molar-refractivity contribution in [1.29, 1.82) is 0 Å². The lowest BCUT2D eigenvalue weighted by Crippen LogP contribution is -2.39. The maximum atomic E-state index is 5.17. The fraction of sp³-hybridized carbons (Fsp3) is 1.00. The molecule has 90 valence electrons. The first-order valence-electron chi connectivity index (χ1n) is 6.25. The largest absolute Gasteiger partial charge is 0.383 e. The van der Waals surface area contributed by atoms with Crippen LogP contribution < -0.4 is 5.32 Å². The molecule has 1 saturated carbocycles. The number of ether oxygens (including phenoxy) is 1. The van der Waals surface area contributed by atoms with Gasteiger partial charge in [0.05, 0.1) is 6.61 Å². The summed E-state index contributed by atoms with van der Waals surface area (Å²) in [7, 11) is 1.79. The van der Waals surface area contributed by atoms with E-state index in [9.17, 15) is 0 Å². The minimum Gasteiger partial charge on any atom is -0.383 e. The molecule has 0 aromatic heterocycles. The number of rotatable bonds is 9. The van der Waals surface area contributed by atoms with Crippen LogP contribution in [-0.4, -0.2) is 50.3 Å². The standard InChI is InChI=1S/C12H26N2O/c1-4-13-8-7-11(2)14(9-10-15-3)12-5-6-12/h11-13H,4-10H2,1-3H3. The lowest BCUT2D eigenvalue weighted by molar-refractivity contribution is 0.116. The molecule has 0 spiro atoms. The molecule has 1 aliphatic carbocycles. The van der Waals surface area contributed by atoms with Crippen LogP contribution in [0.4, 0.5) is 0 Å². The van der Waals surface area contributed by atoms with Crippen LogP contribution in [0.15, 0.2) is 0 Å². The van der Waals surface area contributed by atoms with Crippen LogP contribution in [0.5, 0.6) is 0 Å². The van der Waals surface area contributed by atoms with Gasteiger partial charge in [-0.2, -0.15) is 0 Å². The Morgan fingerprint density at radius 1 is 1.47 bits per heavy atom. The molecule has 1 atom stereocenters. The molecule has 0 radical (unpaired) electrons. The zero-order valence-corrected chi connectivity index (χ0v) is 10.5. The molecule has 0 aliphatic heterocycles. The van der Waals surface area contributed by atoms with E-state index in [1.165, 1.54) is 19.3 Å². The maximum absolute atomic E-state index is 5.17. The van der Waals surface area contributed by atoms with Crippen LogP contribution >= 0.6 is 0 Å². The van der Waals surface area contributed by atoms with E-state index in [-0.39, 0.29) is 0 Å². The Morgan fingerprint density at radius 2 is 2.20 bits per heavy atom. The second-order valence-electron chi connectivity index (χ2n) is 4.45. The predicted octanol–water partition coefficient (Wildman–Crippen LogP) is 1.49. The van der Waals surface area contributed by atoms with Crippen LogP contribution in [0.25, 0.3) is 0 Å². The molecule has 0 amide bonds. The van der Waals surface area contributed by atoms with Gasteiger partial charge in [0.2, 0.25) is 0 Å². The zero-order valence-electron chi connectivity index (χ0n) is 10.5. The summed E-state index contributed by atoms with van der Waals surface area (Å²) >= 11 is 0. The summed E-state index contributed by atoms with van der Waals surface area (Å²) in [5, 5.41) is 3.39. The fourth-order valence-corrected chi connectivity index (χ4v) is 2.02. The smallest absolute Gasteiger partial charge is 0.0589 e. The van der Waals surface area contributed by atoms with Crippen LogP contribution in [0.3, 0.4) is 0 Å². The first-order chi connectivity index (χ1) is 7.29. The highest BCUT2D eigenvalue weighted by atomic mass is 16.5. The normalized spacial score (nSPS) is 18.4. The SMILES string of the molecule is CCNCCC(C)N(CCOC)C1CC1. The molecule has 1 aliphatic rings. The minimum atomic E-state index is 0.687. The lowest BCUT2D eigenvalue weighted by atomic mass is 10.2. The van der Waals surface area contributed by atoms with E-state index >= 15 is 0 Å². The summed E-state index contributed by atoms with van der Waals surface area (Å²) in [6.45, 7) is 8.66. The second kappa shape index (κ2) is 7.20. The monoisotopic (exact) mass is 214 g/mol. The summed E-state index contributed by atoms with van der Waals surface area (Å²) in [4.78, 5) is 2.61. The highest BCUT2D eigenvalue weighted by Crippen LogP contribution is 2.28. The second-order valence-corrected chi connectivity index (χ2v) is 4.45. The molecule has 1 fully saturated rings. The highest BCUT2D eigenvalue weighted by molar-refractivity contribution is 4.87. The van der Waals surface area contributed by atoms with Crippen molar-refractivity contribution in [2.24, 2.45) is 0 Å². The highest BCUT2D eigenvalue weighted by Gasteiger charge is 2.31. The maximum Gasteiger partial charge on any atom is 0.0589 e. The van der Waals surface area contributed by atoms with Crippen molar-refractivity contribution in [2.45, 2.75) is 45.2 Å². The van der Waals surface area contributed by atoms with Gasteiger partial charge in [-0.1, -0.05) is 6.92 Å². The van der Waals surface area contributed by atoms with Crippen LogP contribution in [0.1, 0.15) is 33.1 Å². The Labute approximate surface area is 94.2 Å². The Kier molecular flexibility index (Phi) is 6.22. The summed E-state index contributed by atoms with van der Waals surface area (Å²) in [5.74, 6) is 0. The van der Waals surface area contributed by atoms with Gasteiger partial charge >= 0.3 is 0 Å². The number of methoxy groups -OCH3 is 1. The molecule has 0 aromatic rings. The summed E-state index contributed by atoms with van der Waals surface area (Å²) in [5.41, 5.74) is 0. The molecule has 3 heteroatoms. The average molecular weight is 214 g/mol. The van der Waals surface area contributed by atoms with Crippen molar-refractivity contribution in [2.75, 3.05) is 33.4 Å². The first-order valence-corrected chi connectivity index (χ1v) is 6.25. The zero-order chi connectivity index (χ0) is 11.1. The van der Waals surface area contributed by atoms with Crippen molar-refractivity contribution in [3.63, 3.8) is 0 Å². The molecule has 15 heavy (non-hydrogen) atoms. The molecular formula is C12H26N2O. The minimum absolute atomic E-state index is 0.687. The fourth-order valence-electron chi connectivity index (χ4n) is 2.02. The van der Waals surface area contributed by atoms with Crippen molar-refractivity contribution < 1.29 is 4.74 Å². The van der Waals surface area contributed by atoms with Gasteiger partial charge in [0.1, 0.15) is 0 Å². The van der Waals surface area contributed by atoms with Crippen molar-refractivity contribution in [3.05, 3.63) is 0 Å². The molecule has 0 bridgehead atoms. The molecule has 1 rings (SSSR count). The van der Waals surface area contributed by atoms with Gasteiger partial charge < -0.3 is 10.1 Å².